The van der Waals surface area contributed by atoms with Gasteiger partial charge in [0.25, 0.3) is 0 Å². The van der Waals surface area contributed by atoms with Gasteiger partial charge in [-0.05, 0) is 26.0 Å². The van der Waals surface area contributed by atoms with Crippen molar-refractivity contribution >= 4 is 22.6 Å². The minimum Gasteiger partial charge on any atom is -0.377 e. The molecular formula is C14H18ClFN2O. The van der Waals surface area contributed by atoms with Gasteiger partial charge in [0.1, 0.15) is 17.2 Å². The van der Waals surface area contributed by atoms with Gasteiger partial charge in [0.2, 0.25) is 0 Å². The van der Waals surface area contributed by atoms with Crippen molar-refractivity contribution in [2.75, 3.05) is 12.5 Å². The van der Waals surface area contributed by atoms with Crippen molar-refractivity contribution in [1.82, 2.24) is 9.55 Å². The fraction of sp³-hybridized carbons (Fsp3) is 0.500. The second-order valence-electron chi connectivity index (χ2n) is 4.45. The minimum atomic E-state index is -0.255. The number of para-hydroxylation sites is 1. The number of hydrogen-bond acceptors (Lipinski definition) is 2. The summed E-state index contributed by atoms with van der Waals surface area (Å²) in [5, 5.41) is 0. The van der Waals surface area contributed by atoms with Crippen LogP contribution in [0.5, 0.6) is 0 Å². The molecule has 1 atom stereocenters. The van der Waals surface area contributed by atoms with Gasteiger partial charge in [-0.15, -0.1) is 11.6 Å². The van der Waals surface area contributed by atoms with E-state index in [1.807, 2.05) is 24.5 Å². The van der Waals surface area contributed by atoms with E-state index in [1.54, 1.807) is 6.07 Å². The summed E-state index contributed by atoms with van der Waals surface area (Å²) < 4.78 is 21.4. The number of nitrogens with zero attached hydrogens (tertiary/aromatic N) is 2. The van der Waals surface area contributed by atoms with Crippen LogP contribution in [0.3, 0.4) is 0 Å². The number of halogens is 2. The summed E-state index contributed by atoms with van der Waals surface area (Å²) in [5.74, 6) is 1.02. The Morgan fingerprint density at radius 3 is 2.95 bits per heavy atom. The van der Waals surface area contributed by atoms with Crippen LogP contribution in [-0.4, -0.2) is 28.1 Å². The van der Waals surface area contributed by atoms with Gasteiger partial charge in [0.05, 0.1) is 18.2 Å². The molecule has 0 bridgehead atoms. The lowest BCUT2D eigenvalue weighted by molar-refractivity contribution is 0.0642. The van der Waals surface area contributed by atoms with E-state index in [4.69, 9.17) is 16.3 Å². The lowest BCUT2D eigenvalue weighted by atomic mass is 10.3. The van der Waals surface area contributed by atoms with Crippen LogP contribution in [0.4, 0.5) is 4.39 Å². The van der Waals surface area contributed by atoms with E-state index < -0.39 is 0 Å². The molecule has 19 heavy (non-hydrogen) atoms. The molecule has 0 saturated carbocycles. The number of alkyl halides is 1. The molecule has 0 radical (unpaired) electrons. The van der Waals surface area contributed by atoms with E-state index >= 15 is 0 Å². The van der Waals surface area contributed by atoms with Crippen molar-refractivity contribution in [2.24, 2.45) is 0 Å². The van der Waals surface area contributed by atoms with Gasteiger partial charge in [0, 0.05) is 18.9 Å². The maximum absolute atomic E-state index is 14.0. The van der Waals surface area contributed by atoms with Crippen LogP contribution < -0.4 is 0 Å². The summed E-state index contributed by atoms with van der Waals surface area (Å²) in [5.41, 5.74) is 1.21. The van der Waals surface area contributed by atoms with Crippen molar-refractivity contribution in [2.45, 2.75) is 32.9 Å². The van der Waals surface area contributed by atoms with Gasteiger partial charge in [-0.2, -0.15) is 0 Å². The molecule has 3 nitrogen and oxygen atoms in total. The van der Waals surface area contributed by atoms with Crippen molar-refractivity contribution in [3.8, 4) is 0 Å². The smallest absolute Gasteiger partial charge is 0.149 e. The Morgan fingerprint density at radius 2 is 2.26 bits per heavy atom. The van der Waals surface area contributed by atoms with Gasteiger partial charge in [-0.3, -0.25) is 0 Å². The second kappa shape index (κ2) is 6.35. The van der Waals surface area contributed by atoms with Crippen molar-refractivity contribution < 1.29 is 9.13 Å². The summed E-state index contributed by atoms with van der Waals surface area (Å²) in [4.78, 5) is 4.46. The molecule has 0 N–H and O–H groups in total. The fourth-order valence-electron chi connectivity index (χ4n) is 2.26. The van der Waals surface area contributed by atoms with E-state index in [0.717, 1.165) is 5.82 Å². The largest absolute Gasteiger partial charge is 0.377 e. The number of aryl methyl sites for hydroxylation is 1. The van der Waals surface area contributed by atoms with E-state index in [1.165, 1.54) is 6.07 Å². The second-order valence-corrected chi connectivity index (χ2v) is 4.83. The van der Waals surface area contributed by atoms with E-state index in [0.29, 0.717) is 36.5 Å². The number of hydrogen-bond donors (Lipinski definition) is 0. The number of benzene rings is 1. The zero-order valence-corrected chi connectivity index (χ0v) is 12.0. The van der Waals surface area contributed by atoms with E-state index in [2.05, 4.69) is 4.98 Å². The third-order valence-corrected chi connectivity index (χ3v) is 3.19. The molecule has 0 saturated heterocycles. The first-order chi connectivity index (χ1) is 9.17. The molecule has 2 rings (SSSR count). The average Bonchev–Trinajstić information content (AvgIpc) is 2.70. The summed E-state index contributed by atoms with van der Waals surface area (Å²) in [7, 11) is 0. The summed E-state index contributed by atoms with van der Waals surface area (Å²) >= 11 is 5.79. The number of aromatic nitrogens is 2. The maximum atomic E-state index is 14.0. The predicted octanol–water partition coefficient (Wildman–Crippen LogP) is 3.38. The Labute approximate surface area is 117 Å². The van der Waals surface area contributed by atoms with Crippen LogP contribution in [0.2, 0.25) is 0 Å². The van der Waals surface area contributed by atoms with Crippen molar-refractivity contribution in [3.63, 3.8) is 0 Å². The molecule has 0 amide bonds. The number of rotatable bonds is 6. The molecular weight excluding hydrogens is 267 g/mol. The molecule has 1 heterocycles. The Bertz CT molecular complexity index is 556. The maximum Gasteiger partial charge on any atom is 0.149 e. The molecule has 0 fully saturated rings. The standard InChI is InChI=1S/C14H18ClFN2O/c1-3-19-10(2)9-18-13(7-8-15)17-12-6-4-5-11(16)14(12)18/h4-6,10H,3,7-9H2,1-2H3. The Hall–Kier alpha value is -1.13. The molecule has 104 valence electrons. The molecule has 1 aromatic heterocycles. The molecule has 1 unspecified atom stereocenters. The van der Waals surface area contributed by atoms with Gasteiger partial charge < -0.3 is 9.30 Å². The van der Waals surface area contributed by atoms with E-state index in [9.17, 15) is 4.39 Å². The predicted molar refractivity (Wildman–Crippen MR) is 75.2 cm³/mol. The third-order valence-electron chi connectivity index (χ3n) is 3.01. The average molecular weight is 285 g/mol. The number of imidazole rings is 1. The molecule has 5 heteroatoms. The van der Waals surface area contributed by atoms with Crippen LogP contribution in [0.1, 0.15) is 19.7 Å². The summed E-state index contributed by atoms with van der Waals surface area (Å²) in [6.45, 7) is 5.14. The zero-order chi connectivity index (χ0) is 13.8. The SMILES string of the molecule is CCOC(C)Cn1c(CCCl)nc2cccc(F)c21. The summed E-state index contributed by atoms with van der Waals surface area (Å²) in [6, 6.07) is 4.94. The molecule has 0 aliphatic heterocycles. The fourth-order valence-corrected chi connectivity index (χ4v) is 2.43. The Morgan fingerprint density at radius 1 is 1.47 bits per heavy atom. The highest BCUT2D eigenvalue weighted by Crippen LogP contribution is 2.21. The molecule has 0 aliphatic rings. The first kappa shape index (κ1) is 14.3. The third kappa shape index (κ3) is 3.07. The number of fused-ring (bicyclic) bond motifs is 1. The first-order valence-electron chi connectivity index (χ1n) is 6.48. The van der Waals surface area contributed by atoms with Gasteiger partial charge in [-0.1, -0.05) is 6.07 Å². The van der Waals surface area contributed by atoms with Crippen molar-refractivity contribution in [3.05, 3.63) is 29.8 Å². The van der Waals surface area contributed by atoms with E-state index in [-0.39, 0.29) is 11.9 Å². The highest BCUT2D eigenvalue weighted by atomic mass is 35.5. The molecule has 0 aliphatic carbocycles. The quantitative estimate of drug-likeness (QED) is 0.761. The monoisotopic (exact) mass is 284 g/mol. The molecule has 0 spiro atoms. The zero-order valence-electron chi connectivity index (χ0n) is 11.2. The van der Waals surface area contributed by atoms with Crippen LogP contribution in [0.25, 0.3) is 11.0 Å². The van der Waals surface area contributed by atoms with Crippen molar-refractivity contribution in [1.29, 1.82) is 0 Å². The van der Waals surface area contributed by atoms with Crippen LogP contribution in [0.15, 0.2) is 18.2 Å². The van der Waals surface area contributed by atoms with Gasteiger partial charge in [0.15, 0.2) is 0 Å². The van der Waals surface area contributed by atoms with Crippen LogP contribution in [0, 0.1) is 5.82 Å². The minimum absolute atomic E-state index is 0.0103. The highest BCUT2D eigenvalue weighted by molar-refractivity contribution is 6.17. The lowest BCUT2D eigenvalue weighted by Gasteiger charge is -2.15. The molecule has 1 aromatic carbocycles. The van der Waals surface area contributed by atoms with Crippen LogP contribution >= 0.6 is 11.6 Å². The first-order valence-corrected chi connectivity index (χ1v) is 7.02. The molecule has 2 aromatic rings. The lowest BCUT2D eigenvalue weighted by Crippen LogP contribution is -2.18. The van der Waals surface area contributed by atoms with Crippen LogP contribution in [-0.2, 0) is 17.7 Å². The summed E-state index contributed by atoms with van der Waals surface area (Å²) in [6.07, 6.45) is 0.630. The highest BCUT2D eigenvalue weighted by Gasteiger charge is 2.15. The Balaban J connectivity index is 2.44. The Kier molecular flexibility index (Phi) is 4.77. The normalized spacial score (nSPS) is 13.1. The topological polar surface area (TPSA) is 27.1 Å². The van der Waals surface area contributed by atoms with Gasteiger partial charge in [-0.25, -0.2) is 9.37 Å². The van der Waals surface area contributed by atoms with Gasteiger partial charge >= 0.3 is 0 Å². The number of ether oxygens (including phenoxy) is 1.